The van der Waals surface area contributed by atoms with Crippen LogP contribution in [0, 0.1) is 11.8 Å². The summed E-state index contributed by atoms with van der Waals surface area (Å²) in [4.78, 5) is 41.6. The highest BCUT2D eigenvalue weighted by Crippen LogP contribution is 2.32. The number of ether oxygens (including phenoxy) is 1. The number of H-pyrrole nitrogens is 1. The molecular weight excluding hydrogens is 462 g/mol. The molecule has 2 atom stereocenters. The van der Waals surface area contributed by atoms with E-state index in [-0.39, 0.29) is 36.1 Å². The van der Waals surface area contributed by atoms with Gasteiger partial charge in [-0.1, -0.05) is 26.0 Å². The van der Waals surface area contributed by atoms with Gasteiger partial charge in [0.05, 0.1) is 18.5 Å². The van der Waals surface area contributed by atoms with Gasteiger partial charge in [0.2, 0.25) is 11.7 Å². The molecule has 1 aliphatic rings. The summed E-state index contributed by atoms with van der Waals surface area (Å²) in [6.07, 6.45) is 3.62. The number of aromatic nitrogens is 3. The molecule has 36 heavy (non-hydrogen) atoms. The number of hydrogen-bond donors (Lipinski definition) is 3. The molecule has 0 bridgehead atoms. The van der Waals surface area contributed by atoms with Crippen LogP contribution in [-0.4, -0.2) is 51.7 Å². The van der Waals surface area contributed by atoms with E-state index in [1.807, 2.05) is 39.0 Å². The number of carbonyl (C=O) groups excluding carboxylic acids is 3. The van der Waals surface area contributed by atoms with E-state index in [0.717, 1.165) is 18.4 Å². The van der Waals surface area contributed by atoms with Crippen LogP contribution in [0.15, 0.2) is 40.9 Å². The Morgan fingerprint density at radius 3 is 2.56 bits per heavy atom. The molecule has 1 aliphatic carbocycles. The van der Waals surface area contributed by atoms with Crippen LogP contribution in [0.25, 0.3) is 22.7 Å². The van der Waals surface area contributed by atoms with Crippen molar-refractivity contribution in [1.82, 2.24) is 25.8 Å². The molecule has 1 aromatic carbocycles. The Labute approximate surface area is 209 Å². The zero-order chi connectivity index (χ0) is 25.8. The quantitative estimate of drug-likeness (QED) is 0.367. The number of nitrogens with one attached hydrogen (secondary N) is 3. The Morgan fingerprint density at radius 1 is 1.11 bits per heavy atom. The molecule has 10 nitrogen and oxygen atoms in total. The number of amides is 2. The summed E-state index contributed by atoms with van der Waals surface area (Å²) in [5.41, 5.74) is 2.37. The summed E-state index contributed by atoms with van der Waals surface area (Å²) < 4.78 is 10.7. The molecule has 0 aliphatic heterocycles. The molecule has 3 N–H and O–H groups in total. The van der Waals surface area contributed by atoms with Gasteiger partial charge in [-0.15, -0.1) is 0 Å². The summed E-state index contributed by atoms with van der Waals surface area (Å²) in [5, 5.41) is 12.7. The standard InChI is InChI=1S/C26H31N5O5/c1-5-35-26(34)22(14(2)3)29-24(33)21-13-27-25(36-21)18-8-6-7-17(11-18)19-12-20(31-30-19)23(32)28-15(4)16-9-10-16/h6-8,11-16,22H,5,9-10H2,1-4H3,(H,28,32)(H,29,33)(H,30,31). The van der Waals surface area contributed by atoms with Gasteiger partial charge in [-0.3, -0.25) is 14.7 Å². The van der Waals surface area contributed by atoms with Crippen molar-refractivity contribution < 1.29 is 23.5 Å². The molecule has 2 unspecified atom stereocenters. The van der Waals surface area contributed by atoms with E-state index >= 15 is 0 Å². The van der Waals surface area contributed by atoms with Crippen LogP contribution in [0.5, 0.6) is 0 Å². The summed E-state index contributed by atoms with van der Waals surface area (Å²) in [6.45, 7) is 7.58. The summed E-state index contributed by atoms with van der Waals surface area (Å²) >= 11 is 0. The van der Waals surface area contributed by atoms with Crippen LogP contribution >= 0.6 is 0 Å². The zero-order valence-electron chi connectivity index (χ0n) is 20.8. The number of aromatic amines is 1. The minimum absolute atomic E-state index is 0.0196. The Balaban J connectivity index is 1.46. The second-order valence-corrected chi connectivity index (χ2v) is 9.32. The van der Waals surface area contributed by atoms with Crippen LogP contribution in [-0.2, 0) is 9.53 Å². The van der Waals surface area contributed by atoms with Crippen molar-refractivity contribution >= 4 is 17.8 Å². The highest BCUT2D eigenvalue weighted by molar-refractivity contribution is 5.95. The molecular formula is C26H31N5O5. The highest BCUT2D eigenvalue weighted by Gasteiger charge is 2.30. The van der Waals surface area contributed by atoms with Gasteiger partial charge >= 0.3 is 5.97 Å². The predicted octanol–water partition coefficient (Wildman–Crippen LogP) is 3.58. The molecule has 4 rings (SSSR count). The van der Waals surface area contributed by atoms with Crippen molar-refractivity contribution in [1.29, 1.82) is 0 Å². The van der Waals surface area contributed by atoms with E-state index in [0.29, 0.717) is 22.9 Å². The average molecular weight is 494 g/mol. The molecule has 190 valence electrons. The fourth-order valence-electron chi connectivity index (χ4n) is 3.85. The molecule has 0 radical (unpaired) electrons. The number of rotatable bonds is 10. The van der Waals surface area contributed by atoms with Gasteiger partial charge in [0, 0.05) is 17.2 Å². The van der Waals surface area contributed by atoms with E-state index in [1.54, 1.807) is 19.1 Å². The molecule has 2 aromatic heterocycles. The lowest BCUT2D eigenvalue weighted by atomic mass is 10.0. The molecule has 1 fully saturated rings. The minimum atomic E-state index is -0.798. The van der Waals surface area contributed by atoms with Gasteiger partial charge in [-0.25, -0.2) is 9.78 Å². The first-order valence-electron chi connectivity index (χ1n) is 12.2. The molecule has 1 saturated carbocycles. The molecule has 10 heteroatoms. The largest absolute Gasteiger partial charge is 0.464 e. The van der Waals surface area contributed by atoms with E-state index in [1.165, 1.54) is 6.20 Å². The Morgan fingerprint density at radius 2 is 1.86 bits per heavy atom. The lowest BCUT2D eigenvalue weighted by Crippen LogP contribution is -2.45. The fourth-order valence-corrected chi connectivity index (χ4v) is 3.85. The van der Waals surface area contributed by atoms with Gasteiger partial charge in [-0.2, -0.15) is 5.10 Å². The van der Waals surface area contributed by atoms with E-state index in [2.05, 4.69) is 25.8 Å². The molecule has 0 saturated heterocycles. The lowest BCUT2D eigenvalue weighted by Gasteiger charge is -2.19. The normalized spacial score (nSPS) is 14.8. The Hall–Kier alpha value is -3.95. The smallest absolute Gasteiger partial charge is 0.328 e. The van der Waals surface area contributed by atoms with Gasteiger partial charge in [0.25, 0.3) is 11.8 Å². The van der Waals surface area contributed by atoms with Crippen molar-refractivity contribution in [2.24, 2.45) is 11.8 Å². The maximum Gasteiger partial charge on any atom is 0.328 e. The number of nitrogens with zero attached hydrogens (tertiary/aromatic N) is 2. The molecule has 2 heterocycles. The molecule has 0 spiro atoms. The summed E-state index contributed by atoms with van der Waals surface area (Å²) in [5.74, 6) is -0.621. The maximum absolute atomic E-state index is 12.7. The number of benzene rings is 1. The van der Waals surface area contributed by atoms with Gasteiger partial charge in [0.1, 0.15) is 11.7 Å². The van der Waals surface area contributed by atoms with E-state index in [9.17, 15) is 14.4 Å². The fraction of sp³-hybridized carbons (Fsp3) is 0.423. The first-order valence-corrected chi connectivity index (χ1v) is 12.2. The van der Waals surface area contributed by atoms with Crippen LogP contribution in [0.4, 0.5) is 0 Å². The molecule has 3 aromatic rings. The van der Waals surface area contributed by atoms with Crippen LogP contribution < -0.4 is 10.6 Å². The highest BCUT2D eigenvalue weighted by atomic mass is 16.5. The number of oxazole rings is 1. The van der Waals surface area contributed by atoms with Crippen LogP contribution in [0.1, 0.15) is 61.6 Å². The topological polar surface area (TPSA) is 139 Å². The van der Waals surface area contributed by atoms with Crippen molar-refractivity contribution in [2.75, 3.05) is 6.61 Å². The van der Waals surface area contributed by atoms with Crippen molar-refractivity contribution in [3.63, 3.8) is 0 Å². The third-order valence-electron chi connectivity index (χ3n) is 6.14. The Kier molecular flexibility index (Phi) is 7.52. The minimum Gasteiger partial charge on any atom is -0.464 e. The summed E-state index contributed by atoms with van der Waals surface area (Å²) in [7, 11) is 0. The predicted molar refractivity (Wildman–Crippen MR) is 132 cm³/mol. The third kappa shape index (κ3) is 5.81. The van der Waals surface area contributed by atoms with E-state index in [4.69, 9.17) is 9.15 Å². The molecule has 2 amide bonds. The summed E-state index contributed by atoms with van der Waals surface area (Å²) in [6, 6.07) is 8.32. The monoisotopic (exact) mass is 493 g/mol. The lowest BCUT2D eigenvalue weighted by molar-refractivity contribution is -0.146. The number of hydrogen-bond acceptors (Lipinski definition) is 7. The number of esters is 1. The average Bonchev–Trinajstić information content (AvgIpc) is 3.38. The Bertz CT molecular complexity index is 1240. The maximum atomic E-state index is 12.7. The van der Waals surface area contributed by atoms with Gasteiger partial charge in [-0.05, 0) is 56.7 Å². The van der Waals surface area contributed by atoms with Crippen molar-refractivity contribution in [2.45, 2.75) is 52.6 Å². The second-order valence-electron chi connectivity index (χ2n) is 9.32. The van der Waals surface area contributed by atoms with E-state index < -0.39 is 17.9 Å². The SMILES string of the molecule is CCOC(=O)C(NC(=O)c1cnc(-c2cccc(-c3cc(C(=O)NC(C)C4CC4)[nH]n3)c2)o1)C(C)C. The first-order chi connectivity index (χ1) is 17.3. The van der Waals surface area contributed by atoms with Crippen LogP contribution in [0.2, 0.25) is 0 Å². The van der Waals surface area contributed by atoms with Crippen molar-refractivity contribution in [3.8, 4) is 22.7 Å². The zero-order valence-corrected chi connectivity index (χ0v) is 20.8. The van der Waals surface area contributed by atoms with Crippen LogP contribution in [0.3, 0.4) is 0 Å². The van der Waals surface area contributed by atoms with Gasteiger partial charge in [0.15, 0.2) is 0 Å². The third-order valence-corrected chi connectivity index (χ3v) is 6.14. The van der Waals surface area contributed by atoms with Crippen molar-refractivity contribution in [3.05, 3.63) is 48.0 Å². The first kappa shape index (κ1) is 25.2. The second kappa shape index (κ2) is 10.8. The number of carbonyl (C=O) groups is 3. The van der Waals surface area contributed by atoms with Gasteiger partial charge < -0.3 is 19.8 Å².